The maximum absolute atomic E-state index is 5.26. The minimum atomic E-state index is 0.864. The molecule has 0 amide bonds. The fraction of sp³-hybridized carbons (Fsp3) is 0.200. The van der Waals surface area contributed by atoms with Crippen molar-refractivity contribution < 1.29 is 0 Å². The highest BCUT2D eigenvalue weighted by Crippen LogP contribution is 2.19. The molecule has 0 radical (unpaired) electrons. The fourth-order valence-electron chi connectivity index (χ4n) is 1.89. The van der Waals surface area contributed by atoms with E-state index in [1.165, 1.54) is 16.3 Å². The number of aryl methyl sites for hydroxylation is 1. The molecule has 74 valence electrons. The normalized spacial score (nSPS) is 10.1. The maximum atomic E-state index is 5.26. The molecule has 2 aromatic carbocycles. The zero-order valence-corrected chi connectivity index (χ0v) is 8.74. The molecule has 0 aliphatic carbocycles. The van der Waals surface area contributed by atoms with Gasteiger partial charge in [0, 0.05) is 6.42 Å². The summed E-state index contributed by atoms with van der Waals surface area (Å²) in [5.41, 5.74) is 1.41. The van der Waals surface area contributed by atoms with E-state index in [1.54, 1.807) is 0 Å². The summed E-state index contributed by atoms with van der Waals surface area (Å²) >= 11 is 0. The Kier molecular flexibility index (Phi) is 3.05. The minimum absolute atomic E-state index is 0.864. The van der Waals surface area contributed by atoms with Crippen LogP contribution in [0.1, 0.15) is 18.4 Å². The number of fused-ring (bicyclic) bond motifs is 1. The van der Waals surface area contributed by atoms with Crippen molar-refractivity contribution in [2.75, 3.05) is 0 Å². The van der Waals surface area contributed by atoms with Crippen molar-refractivity contribution in [3.05, 3.63) is 48.0 Å². The number of hydrogen-bond acceptors (Lipinski definition) is 0. The third-order valence-corrected chi connectivity index (χ3v) is 2.65. The molecule has 0 aliphatic rings. The average Bonchev–Trinajstić information content (AvgIpc) is 2.30. The molecule has 2 aromatic rings. The summed E-state index contributed by atoms with van der Waals surface area (Å²) in [5, 5.41) is 2.67. The van der Waals surface area contributed by atoms with E-state index in [4.69, 9.17) is 6.42 Å². The summed E-state index contributed by atoms with van der Waals surface area (Å²) in [7, 11) is 0. The third kappa shape index (κ3) is 2.19. The van der Waals surface area contributed by atoms with Gasteiger partial charge in [-0.3, -0.25) is 0 Å². The Hall–Kier alpha value is -1.74. The lowest BCUT2D eigenvalue weighted by Gasteiger charge is -2.04. The van der Waals surface area contributed by atoms with Crippen molar-refractivity contribution in [2.45, 2.75) is 19.3 Å². The summed E-state index contributed by atoms with van der Waals surface area (Å²) in [6.45, 7) is 0. The maximum Gasteiger partial charge on any atom is 0.00892 e. The van der Waals surface area contributed by atoms with Crippen molar-refractivity contribution in [1.82, 2.24) is 0 Å². The SMILES string of the molecule is C#CCCCc1cccc2ccccc12. The molecule has 0 heterocycles. The number of hydrogen-bond donors (Lipinski definition) is 0. The van der Waals surface area contributed by atoms with E-state index in [0.717, 1.165) is 19.3 Å². The van der Waals surface area contributed by atoms with Crippen LogP contribution >= 0.6 is 0 Å². The van der Waals surface area contributed by atoms with Gasteiger partial charge in [-0.1, -0.05) is 42.5 Å². The summed E-state index contributed by atoms with van der Waals surface area (Å²) < 4.78 is 0. The van der Waals surface area contributed by atoms with Gasteiger partial charge in [-0.25, -0.2) is 0 Å². The number of unbranched alkanes of at least 4 members (excludes halogenated alkanes) is 1. The predicted molar refractivity (Wildman–Crippen MR) is 65.7 cm³/mol. The lowest BCUT2D eigenvalue weighted by atomic mass is 10.0. The summed E-state index contributed by atoms with van der Waals surface area (Å²) in [6.07, 6.45) is 8.27. The Morgan fingerprint density at radius 2 is 1.80 bits per heavy atom. The summed E-state index contributed by atoms with van der Waals surface area (Å²) in [5.74, 6) is 2.69. The van der Waals surface area contributed by atoms with E-state index in [1.807, 2.05) is 0 Å². The molecule has 0 unspecified atom stereocenters. The Balaban J connectivity index is 2.31. The van der Waals surface area contributed by atoms with E-state index < -0.39 is 0 Å². The Bertz CT molecular complexity index is 483. The van der Waals surface area contributed by atoms with Crippen molar-refractivity contribution in [2.24, 2.45) is 0 Å². The highest BCUT2D eigenvalue weighted by molar-refractivity contribution is 5.85. The number of rotatable bonds is 3. The van der Waals surface area contributed by atoms with Crippen LogP contribution in [0.15, 0.2) is 42.5 Å². The summed E-state index contributed by atoms with van der Waals surface area (Å²) in [4.78, 5) is 0. The van der Waals surface area contributed by atoms with Gasteiger partial charge in [-0.2, -0.15) is 0 Å². The van der Waals surface area contributed by atoms with Crippen LogP contribution in [0.3, 0.4) is 0 Å². The molecule has 0 aliphatic heterocycles. The second-order valence-electron chi connectivity index (χ2n) is 3.70. The average molecular weight is 194 g/mol. The van der Waals surface area contributed by atoms with Crippen molar-refractivity contribution in [3.8, 4) is 12.3 Å². The molecule has 0 saturated heterocycles. The molecule has 0 nitrogen and oxygen atoms in total. The van der Waals surface area contributed by atoms with E-state index in [-0.39, 0.29) is 0 Å². The zero-order chi connectivity index (χ0) is 10.5. The molecular weight excluding hydrogens is 180 g/mol. The molecule has 2 rings (SSSR count). The molecule has 0 saturated carbocycles. The van der Waals surface area contributed by atoms with Crippen molar-refractivity contribution in [1.29, 1.82) is 0 Å². The fourth-order valence-corrected chi connectivity index (χ4v) is 1.89. The van der Waals surface area contributed by atoms with Gasteiger partial charge in [0.2, 0.25) is 0 Å². The topological polar surface area (TPSA) is 0 Å². The molecule has 0 spiro atoms. The molecule has 0 fully saturated rings. The van der Waals surface area contributed by atoms with Crippen LogP contribution in [0.25, 0.3) is 10.8 Å². The Morgan fingerprint density at radius 1 is 1.00 bits per heavy atom. The molecule has 0 bridgehead atoms. The molecule has 0 atom stereocenters. The lowest BCUT2D eigenvalue weighted by Crippen LogP contribution is -1.86. The zero-order valence-electron chi connectivity index (χ0n) is 8.74. The van der Waals surface area contributed by atoms with Gasteiger partial charge in [0.25, 0.3) is 0 Å². The smallest absolute Gasteiger partial charge is 0.00892 e. The van der Waals surface area contributed by atoms with Crippen LogP contribution in [-0.4, -0.2) is 0 Å². The first-order chi connectivity index (χ1) is 7.42. The first-order valence-corrected chi connectivity index (χ1v) is 5.32. The van der Waals surface area contributed by atoms with Crippen LogP contribution in [-0.2, 0) is 6.42 Å². The van der Waals surface area contributed by atoms with Gasteiger partial charge >= 0.3 is 0 Å². The highest BCUT2D eigenvalue weighted by atomic mass is 14.0. The van der Waals surface area contributed by atoms with Crippen molar-refractivity contribution in [3.63, 3.8) is 0 Å². The van der Waals surface area contributed by atoms with Crippen LogP contribution in [0.5, 0.6) is 0 Å². The molecule has 15 heavy (non-hydrogen) atoms. The first-order valence-electron chi connectivity index (χ1n) is 5.32. The molecule has 0 aromatic heterocycles. The van der Waals surface area contributed by atoms with Crippen molar-refractivity contribution >= 4 is 10.8 Å². The monoisotopic (exact) mass is 194 g/mol. The van der Waals surface area contributed by atoms with Gasteiger partial charge < -0.3 is 0 Å². The summed E-state index contributed by atoms with van der Waals surface area (Å²) in [6, 6.07) is 15.0. The van der Waals surface area contributed by atoms with Gasteiger partial charge in [-0.15, -0.1) is 12.3 Å². The second-order valence-corrected chi connectivity index (χ2v) is 3.70. The van der Waals surface area contributed by atoms with E-state index in [9.17, 15) is 0 Å². The van der Waals surface area contributed by atoms with Crippen LogP contribution in [0.2, 0.25) is 0 Å². The number of terminal acetylenes is 1. The molecular formula is C15H14. The van der Waals surface area contributed by atoms with Gasteiger partial charge in [0.05, 0.1) is 0 Å². The quantitative estimate of drug-likeness (QED) is 0.515. The van der Waals surface area contributed by atoms with Crippen LogP contribution in [0.4, 0.5) is 0 Å². The highest BCUT2D eigenvalue weighted by Gasteiger charge is 1.98. The van der Waals surface area contributed by atoms with Gasteiger partial charge in [-0.05, 0) is 29.2 Å². The second kappa shape index (κ2) is 4.66. The Labute approximate surface area is 90.9 Å². The van der Waals surface area contributed by atoms with Crippen LogP contribution < -0.4 is 0 Å². The van der Waals surface area contributed by atoms with Gasteiger partial charge in [0.15, 0.2) is 0 Å². The largest absolute Gasteiger partial charge is 0.120 e. The molecule has 0 N–H and O–H groups in total. The predicted octanol–water partition coefficient (Wildman–Crippen LogP) is 3.80. The first kappa shape index (κ1) is 9.80. The van der Waals surface area contributed by atoms with E-state index in [2.05, 4.69) is 48.4 Å². The van der Waals surface area contributed by atoms with Crippen LogP contribution in [0, 0.1) is 12.3 Å². The lowest BCUT2D eigenvalue weighted by molar-refractivity contribution is 0.864. The third-order valence-electron chi connectivity index (χ3n) is 2.65. The van der Waals surface area contributed by atoms with Gasteiger partial charge in [0.1, 0.15) is 0 Å². The minimum Gasteiger partial charge on any atom is -0.120 e. The standard InChI is InChI=1S/C15H14/c1-2-3-4-8-13-10-7-11-14-9-5-6-12-15(13)14/h1,5-7,9-12H,3-4,8H2. The number of benzene rings is 2. The molecule has 0 heteroatoms. The van der Waals surface area contributed by atoms with E-state index >= 15 is 0 Å². The van der Waals surface area contributed by atoms with E-state index in [0.29, 0.717) is 0 Å². The Morgan fingerprint density at radius 3 is 2.67 bits per heavy atom.